The van der Waals surface area contributed by atoms with Gasteiger partial charge >= 0.3 is 0 Å². The quantitative estimate of drug-likeness (QED) is 0.377. The normalized spacial score (nSPS) is 11.2. The maximum Gasteiger partial charge on any atom is 0.282 e. The van der Waals surface area contributed by atoms with Crippen molar-refractivity contribution in [1.82, 2.24) is 14.8 Å². The van der Waals surface area contributed by atoms with Crippen molar-refractivity contribution in [3.8, 4) is 17.2 Å². The second-order valence-corrected chi connectivity index (χ2v) is 7.86. The van der Waals surface area contributed by atoms with Gasteiger partial charge in [0.1, 0.15) is 11.2 Å². The summed E-state index contributed by atoms with van der Waals surface area (Å²) in [4.78, 5) is 18.1. The first-order chi connectivity index (χ1) is 14.6. The molecule has 0 fully saturated rings. The van der Waals surface area contributed by atoms with Crippen molar-refractivity contribution in [3.63, 3.8) is 0 Å². The van der Waals surface area contributed by atoms with E-state index in [1.165, 1.54) is 0 Å². The number of ether oxygens (including phenoxy) is 2. The smallest absolute Gasteiger partial charge is 0.282 e. The van der Waals surface area contributed by atoms with Crippen LogP contribution in [0.4, 0.5) is 5.82 Å². The van der Waals surface area contributed by atoms with Crippen LogP contribution in [0.2, 0.25) is 0 Å². The molecule has 0 atom stereocenters. The fourth-order valence-corrected chi connectivity index (χ4v) is 3.74. The Balaban J connectivity index is 2.02. The molecule has 4 rings (SSSR count). The van der Waals surface area contributed by atoms with Gasteiger partial charge in [0, 0.05) is 22.5 Å². The van der Waals surface area contributed by atoms with Gasteiger partial charge in [0.2, 0.25) is 0 Å². The third kappa shape index (κ3) is 3.52. The van der Waals surface area contributed by atoms with Gasteiger partial charge in [0.15, 0.2) is 11.5 Å². The van der Waals surface area contributed by atoms with Crippen LogP contribution in [-0.4, -0.2) is 35.5 Å². The first-order valence-electron chi connectivity index (χ1n) is 9.77. The molecule has 0 spiro atoms. The molecule has 2 aromatic heterocycles. The van der Waals surface area contributed by atoms with Crippen molar-refractivity contribution in [2.24, 2.45) is 0 Å². The summed E-state index contributed by atoms with van der Waals surface area (Å²) >= 11 is 3.44. The van der Waals surface area contributed by atoms with Gasteiger partial charge in [0.25, 0.3) is 5.56 Å². The summed E-state index contributed by atoms with van der Waals surface area (Å²) in [5.41, 5.74) is 2.00. The van der Waals surface area contributed by atoms with Crippen molar-refractivity contribution in [2.75, 3.05) is 26.1 Å². The molecule has 8 heteroatoms. The average Bonchev–Trinajstić information content (AvgIpc) is 3.11. The highest BCUT2D eigenvalue weighted by Gasteiger charge is 2.19. The topological polar surface area (TPSA) is 81.2 Å². The zero-order chi connectivity index (χ0) is 21.3. The molecule has 0 aliphatic rings. The van der Waals surface area contributed by atoms with Gasteiger partial charge in [-0.05, 0) is 36.8 Å². The molecule has 0 amide bonds. The maximum atomic E-state index is 13.4. The number of rotatable bonds is 7. The number of benzene rings is 2. The van der Waals surface area contributed by atoms with E-state index in [0.717, 1.165) is 34.9 Å². The van der Waals surface area contributed by atoms with Gasteiger partial charge in [-0.1, -0.05) is 29.3 Å². The van der Waals surface area contributed by atoms with Crippen LogP contribution in [0.15, 0.2) is 45.7 Å². The lowest BCUT2D eigenvalue weighted by molar-refractivity contribution is 0.356. The summed E-state index contributed by atoms with van der Waals surface area (Å²) in [7, 11) is 3.18. The molecule has 0 unspecified atom stereocenters. The first kappa shape index (κ1) is 20.3. The van der Waals surface area contributed by atoms with Crippen molar-refractivity contribution < 1.29 is 9.47 Å². The Labute approximate surface area is 182 Å². The number of fused-ring (bicyclic) bond motifs is 3. The molecule has 0 aliphatic heterocycles. The Morgan fingerprint density at radius 2 is 1.83 bits per heavy atom. The van der Waals surface area contributed by atoms with E-state index in [0.29, 0.717) is 33.7 Å². The number of pyridine rings is 1. The second-order valence-electron chi connectivity index (χ2n) is 6.94. The number of methoxy groups -OCH3 is 2. The Morgan fingerprint density at radius 3 is 2.50 bits per heavy atom. The van der Waals surface area contributed by atoms with Gasteiger partial charge in [-0.2, -0.15) is 0 Å². The molecule has 156 valence electrons. The molecule has 0 saturated carbocycles. The van der Waals surface area contributed by atoms with E-state index >= 15 is 0 Å². The number of hydrogen-bond donors (Lipinski definition) is 2. The van der Waals surface area contributed by atoms with Crippen molar-refractivity contribution in [1.29, 1.82) is 0 Å². The SMILES string of the molecule is CCCCNc1nc2cc(OC)c(OC)cc2c2[nH]n(-c3ccc(Br)cc3)c(=O)c12. The molecular weight excluding hydrogens is 448 g/mol. The third-order valence-electron chi connectivity index (χ3n) is 5.04. The molecule has 2 aromatic carbocycles. The highest BCUT2D eigenvalue weighted by molar-refractivity contribution is 9.10. The Morgan fingerprint density at radius 1 is 1.13 bits per heavy atom. The number of aromatic amines is 1. The molecule has 0 bridgehead atoms. The molecule has 4 aromatic rings. The third-order valence-corrected chi connectivity index (χ3v) is 5.57. The summed E-state index contributed by atoms with van der Waals surface area (Å²) in [6, 6.07) is 11.2. The number of nitrogens with zero attached hydrogens (tertiary/aromatic N) is 2. The molecule has 2 N–H and O–H groups in total. The molecule has 0 radical (unpaired) electrons. The van der Waals surface area contributed by atoms with Gasteiger partial charge in [-0.3, -0.25) is 9.89 Å². The average molecular weight is 471 g/mol. The molecule has 30 heavy (non-hydrogen) atoms. The van der Waals surface area contributed by atoms with Crippen LogP contribution in [0.1, 0.15) is 19.8 Å². The van der Waals surface area contributed by atoms with E-state index in [1.807, 2.05) is 36.4 Å². The van der Waals surface area contributed by atoms with Crippen molar-refractivity contribution >= 4 is 43.6 Å². The number of anilines is 1. The van der Waals surface area contributed by atoms with Gasteiger partial charge in [0.05, 0.1) is 30.9 Å². The molecule has 0 aliphatic carbocycles. The minimum Gasteiger partial charge on any atom is -0.493 e. The van der Waals surface area contributed by atoms with Crippen molar-refractivity contribution in [2.45, 2.75) is 19.8 Å². The van der Waals surface area contributed by atoms with E-state index in [1.54, 1.807) is 18.9 Å². The zero-order valence-electron chi connectivity index (χ0n) is 17.1. The predicted molar refractivity (Wildman–Crippen MR) is 123 cm³/mol. The van der Waals surface area contributed by atoms with E-state index in [2.05, 4.69) is 33.3 Å². The van der Waals surface area contributed by atoms with Gasteiger partial charge in [-0.25, -0.2) is 9.67 Å². The summed E-state index contributed by atoms with van der Waals surface area (Å²) in [5.74, 6) is 1.73. The van der Waals surface area contributed by atoms with Gasteiger partial charge in [-0.15, -0.1) is 0 Å². The monoisotopic (exact) mass is 470 g/mol. The van der Waals surface area contributed by atoms with Crippen LogP contribution in [0, 0.1) is 0 Å². The predicted octanol–water partition coefficient (Wildman–Crippen LogP) is 4.86. The Hall–Kier alpha value is -3.00. The fourth-order valence-electron chi connectivity index (χ4n) is 3.47. The number of aromatic nitrogens is 3. The van der Waals surface area contributed by atoms with Crippen LogP contribution in [0.3, 0.4) is 0 Å². The van der Waals surface area contributed by atoms with Crippen LogP contribution in [0.25, 0.3) is 27.5 Å². The van der Waals surface area contributed by atoms with Gasteiger partial charge < -0.3 is 14.8 Å². The summed E-state index contributed by atoms with van der Waals surface area (Å²) in [6.07, 6.45) is 2.03. The lowest BCUT2D eigenvalue weighted by Crippen LogP contribution is -2.15. The summed E-state index contributed by atoms with van der Waals surface area (Å²) < 4.78 is 13.4. The molecular formula is C22H23BrN4O3. The fraction of sp³-hybridized carbons (Fsp3) is 0.273. The zero-order valence-corrected chi connectivity index (χ0v) is 18.7. The maximum absolute atomic E-state index is 13.4. The minimum atomic E-state index is -0.157. The summed E-state index contributed by atoms with van der Waals surface area (Å²) in [5, 5.41) is 7.92. The van der Waals surface area contributed by atoms with Crippen molar-refractivity contribution in [3.05, 3.63) is 51.2 Å². The Kier molecular flexibility index (Phi) is 5.67. The number of nitrogens with one attached hydrogen (secondary N) is 2. The lowest BCUT2D eigenvalue weighted by atomic mass is 10.1. The van der Waals surface area contributed by atoms with Crippen LogP contribution >= 0.6 is 15.9 Å². The van der Waals surface area contributed by atoms with E-state index in [9.17, 15) is 4.79 Å². The van der Waals surface area contributed by atoms with Crippen LogP contribution < -0.4 is 20.3 Å². The standard InChI is InChI=1S/C22H23BrN4O3/c1-4-5-10-24-21-19-20(15-11-17(29-2)18(30-3)12-16(15)25-21)26-27(22(19)28)14-8-6-13(23)7-9-14/h6-9,11-12,26H,4-5,10H2,1-3H3,(H,24,25). The minimum absolute atomic E-state index is 0.157. The summed E-state index contributed by atoms with van der Waals surface area (Å²) in [6.45, 7) is 2.86. The highest BCUT2D eigenvalue weighted by atomic mass is 79.9. The second kappa shape index (κ2) is 8.39. The molecule has 2 heterocycles. The lowest BCUT2D eigenvalue weighted by Gasteiger charge is -2.11. The number of hydrogen-bond acceptors (Lipinski definition) is 5. The number of halogens is 1. The number of unbranched alkanes of at least 4 members (excludes halogenated alkanes) is 1. The largest absolute Gasteiger partial charge is 0.493 e. The van der Waals surface area contributed by atoms with E-state index in [-0.39, 0.29) is 5.56 Å². The molecule has 0 saturated heterocycles. The molecule has 7 nitrogen and oxygen atoms in total. The van der Waals surface area contributed by atoms with E-state index < -0.39 is 0 Å². The first-order valence-corrected chi connectivity index (χ1v) is 10.6. The highest BCUT2D eigenvalue weighted by Crippen LogP contribution is 2.35. The number of H-pyrrole nitrogens is 1. The van der Waals surface area contributed by atoms with E-state index in [4.69, 9.17) is 14.5 Å². The van der Waals surface area contributed by atoms with Crippen LogP contribution in [0.5, 0.6) is 11.5 Å². The van der Waals surface area contributed by atoms with Crippen LogP contribution in [-0.2, 0) is 0 Å². The Bertz CT molecular complexity index is 1260.